The number of carbonyl (C=O) groups is 1. The van der Waals surface area contributed by atoms with Gasteiger partial charge in [-0.3, -0.25) is 4.79 Å². The molecule has 0 saturated carbocycles. The van der Waals surface area contributed by atoms with E-state index >= 15 is 0 Å². The monoisotopic (exact) mass is 502 g/mol. The van der Waals surface area contributed by atoms with Crippen molar-refractivity contribution in [3.8, 4) is 0 Å². The normalized spacial score (nSPS) is 13.7. The number of fused-ring (bicyclic) bond motifs is 2. The summed E-state index contributed by atoms with van der Waals surface area (Å²) in [7, 11) is 1.35. The Hall–Kier alpha value is -3.61. The summed E-state index contributed by atoms with van der Waals surface area (Å²) in [6, 6.07) is 26.9. The van der Waals surface area contributed by atoms with Crippen molar-refractivity contribution in [1.82, 2.24) is 5.32 Å². The molecule has 0 aliphatic rings. The fourth-order valence-electron chi connectivity index (χ4n) is 4.45. The predicted octanol–water partition coefficient (Wildman–Crippen LogP) is 7.12. The molecule has 0 heterocycles. The quantitative estimate of drug-likeness (QED) is 0.135. The highest BCUT2D eigenvalue weighted by Crippen LogP contribution is 2.27. The van der Waals surface area contributed by atoms with Crippen molar-refractivity contribution >= 4 is 27.5 Å². The first-order valence-corrected chi connectivity index (χ1v) is 12.6. The number of amides is 1. The number of halogens is 2. The minimum atomic E-state index is -3.14. The van der Waals surface area contributed by atoms with Crippen molar-refractivity contribution in [2.45, 2.75) is 38.2 Å². The van der Waals surface area contributed by atoms with E-state index < -0.39 is 17.0 Å². The molecular formula is C31H32F2N2O2. The van der Waals surface area contributed by atoms with Crippen LogP contribution in [0.2, 0.25) is 0 Å². The van der Waals surface area contributed by atoms with Gasteiger partial charge in [0, 0.05) is 25.5 Å². The van der Waals surface area contributed by atoms with Crippen LogP contribution in [0.15, 0.2) is 97.2 Å². The van der Waals surface area contributed by atoms with Gasteiger partial charge >= 0.3 is 0 Å². The van der Waals surface area contributed by atoms with Gasteiger partial charge in [0.05, 0.1) is 19.8 Å². The number of hydrogen-bond donors (Lipinski definition) is 1. The molecular weight excluding hydrogens is 470 g/mol. The molecule has 1 amide bonds. The molecule has 4 aromatic carbocycles. The zero-order valence-electron chi connectivity index (χ0n) is 21.0. The molecule has 37 heavy (non-hydrogen) atoms. The summed E-state index contributed by atoms with van der Waals surface area (Å²) < 4.78 is 28.5. The maximum absolute atomic E-state index is 14.7. The average molecular weight is 503 g/mol. The Morgan fingerprint density at radius 3 is 2.43 bits per heavy atom. The van der Waals surface area contributed by atoms with E-state index in [1.165, 1.54) is 7.05 Å². The van der Waals surface area contributed by atoms with Gasteiger partial charge in [-0.1, -0.05) is 78.9 Å². The number of allylic oxidation sites excluding steroid dienone is 1. The summed E-state index contributed by atoms with van der Waals surface area (Å²) in [6.45, 7) is 0.562. The summed E-state index contributed by atoms with van der Waals surface area (Å²) in [5.41, 5.74) is 1.56. The van der Waals surface area contributed by atoms with Crippen LogP contribution < -0.4 is 5.32 Å². The molecule has 4 rings (SSSR count). The van der Waals surface area contributed by atoms with Crippen LogP contribution in [0.1, 0.15) is 30.4 Å². The summed E-state index contributed by atoms with van der Waals surface area (Å²) in [6.07, 6.45) is 2.53. The van der Waals surface area contributed by atoms with Crippen molar-refractivity contribution in [3.05, 3.63) is 114 Å². The largest absolute Gasteiger partial charge is 0.628 e. The van der Waals surface area contributed by atoms with Gasteiger partial charge in [-0.15, -0.1) is 0 Å². The molecule has 1 unspecified atom stereocenters. The first kappa shape index (κ1) is 26.5. The Morgan fingerprint density at radius 2 is 1.62 bits per heavy atom. The Labute approximate surface area is 216 Å². The van der Waals surface area contributed by atoms with E-state index in [2.05, 4.69) is 11.4 Å². The first-order chi connectivity index (χ1) is 17.7. The summed E-state index contributed by atoms with van der Waals surface area (Å²) in [5.74, 6) is -3.23. The molecule has 0 radical (unpaired) electrons. The third-order valence-corrected chi connectivity index (χ3v) is 6.50. The molecule has 0 saturated heterocycles. The molecule has 0 aliphatic carbocycles. The van der Waals surface area contributed by atoms with Crippen molar-refractivity contribution in [2.24, 2.45) is 0 Å². The smallest absolute Gasteiger partial charge is 0.275 e. The number of nitrogens with zero attached hydrogens (tertiary/aromatic N) is 1. The second-order valence-electron chi connectivity index (χ2n) is 9.70. The highest BCUT2D eigenvalue weighted by atomic mass is 19.3. The number of alkyl halides is 2. The van der Waals surface area contributed by atoms with Crippen LogP contribution in [0.4, 0.5) is 8.78 Å². The van der Waals surface area contributed by atoms with Gasteiger partial charge in [-0.25, -0.2) is 8.78 Å². The van der Waals surface area contributed by atoms with Crippen molar-refractivity contribution < 1.29 is 18.2 Å². The van der Waals surface area contributed by atoms with Gasteiger partial charge in [-0.05, 0) is 51.6 Å². The van der Waals surface area contributed by atoms with E-state index in [1.54, 1.807) is 12.1 Å². The van der Waals surface area contributed by atoms with Crippen LogP contribution in [0.3, 0.4) is 0 Å². The number of unbranched alkanes of at least 4 members (excludes halogenated alkanes) is 1. The molecule has 192 valence electrons. The first-order valence-electron chi connectivity index (χ1n) is 12.6. The van der Waals surface area contributed by atoms with Crippen LogP contribution in [-0.4, -0.2) is 30.1 Å². The predicted molar refractivity (Wildman–Crippen MR) is 146 cm³/mol. The third-order valence-electron chi connectivity index (χ3n) is 6.50. The molecule has 0 bridgehead atoms. The number of hydrogen-bond acceptors (Lipinski definition) is 2. The fraction of sp³-hybridized carbons (Fsp3) is 0.258. The van der Waals surface area contributed by atoms with Crippen LogP contribution in [0.5, 0.6) is 0 Å². The third kappa shape index (κ3) is 7.68. The van der Waals surface area contributed by atoms with E-state index in [1.807, 2.05) is 66.7 Å². The van der Waals surface area contributed by atoms with E-state index in [-0.39, 0.29) is 18.9 Å². The molecule has 0 fully saturated rings. The molecule has 0 aromatic heterocycles. The second-order valence-corrected chi connectivity index (χ2v) is 9.70. The van der Waals surface area contributed by atoms with E-state index in [0.717, 1.165) is 39.4 Å². The van der Waals surface area contributed by atoms with E-state index in [9.17, 15) is 18.8 Å². The van der Waals surface area contributed by atoms with Crippen LogP contribution >= 0.6 is 0 Å². The van der Waals surface area contributed by atoms with Gasteiger partial charge < -0.3 is 15.2 Å². The van der Waals surface area contributed by atoms with Crippen LogP contribution in [-0.2, 0) is 17.8 Å². The summed E-state index contributed by atoms with van der Waals surface area (Å²) >= 11 is 0. The van der Waals surface area contributed by atoms with Gasteiger partial charge in [0.15, 0.2) is 0 Å². The molecule has 6 heteroatoms. The minimum Gasteiger partial charge on any atom is -0.628 e. The molecule has 1 N–H and O–H groups in total. The zero-order chi connectivity index (χ0) is 26.3. The highest BCUT2D eigenvalue weighted by molar-refractivity contribution is 5.86. The van der Waals surface area contributed by atoms with Gasteiger partial charge in [-0.2, -0.15) is 0 Å². The number of rotatable bonds is 11. The van der Waals surface area contributed by atoms with Crippen molar-refractivity contribution in [1.29, 1.82) is 0 Å². The lowest BCUT2D eigenvalue weighted by Crippen LogP contribution is -2.33. The van der Waals surface area contributed by atoms with E-state index in [4.69, 9.17) is 0 Å². The summed E-state index contributed by atoms with van der Waals surface area (Å²) in [5, 5.41) is 19.6. The number of quaternary nitrogens is 1. The average Bonchev–Trinajstić information content (AvgIpc) is 2.89. The van der Waals surface area contributed by atoms with Gasteiger partial charge in [0.2, 0.25) is 5.91 Å². The molecule has 0 spiro atoms. The van der Waals surface area contributed by atoms with Crippen LogP contribution in [0.25, 0.3) is 21.5 Å². The fourth-order valence-corrected chi connectivity index (χ4v) is 4.45. The topological polar surface area (TPSA) is 52.2 Å². The second kappa shape index (κ2) is 11.6. The van der Waals surface area contributed by atoms with Gasteiger partial charge in [0.1, 0.15) is 0 Å². The highest BCUT2D eigenvalue weighted by Gasteiger charge is 2.28. The number of hydroxylamine groups is 3. The number of nitrogens with one attached hydrogen (secondary N) is 1. The lowest BCUT2D eigenvalue weighted by molar-refractivity contribution is -0.808. The van der Waals surface area contributed by atoms with Crippen molar-refractivity contribution in [2.75, 3.05) is 13.6 Å². The Balaban J connectivity index is 1.21. The summed E-state index contributed by atoms with van der Waals surface area (Å²) in [4.78, 5) is 12.2. The molecule has 0 aliphatic heterocycles. The maximum atomic E-state index is 14.7. The Bertz CT molecular complexity index is 1390. The molecule has 4 aromatic rings. The van der Waals surface area contributed by atoms with E-state index in [0.29, 0.717) is 24.9 Å². The maximum Gasteiger partial charge on any atom is 0.275 e. The lowest BCUT2D eigenvalue weighted by Gasteiger charge is -2.34. The minimum absolute atomic E-state index is 0.0922. The number of benzene rings is 4. The Kier molecular flexibility index (Phi) is 8.31. The van der Waals surface area contributed by atoms with Crippen molar-refractivity contribution in [3.63, 3.8) is 0 Å². The molecule has 1 atom stereocenters. The number of carbonyl (C=O) groups excluding carboxylic acids is 1. The van der Waals surface area contributed by atoms with Crippen LogP contribution in [0, 0.1) is 5.21 Å². The zero-order valence-corrected chi connectivity index (χ0v) is 21.0. The van der Waals surface area contributed by atoms with Gasteiger partial charge in [0.25, 0.3) is 5.92 Å². The standard InChI is InChI=1S/C31H32F2N2O2/c1-35(37,20-18-31(32,33)22-28-13-8-12-26-10-4-5-14-29(26)28)19-7-6-15-30(36)34-23-24-16-17-25-9-2-3-11-27(25)21-24/h2-5,8-14,16-18,20-21H,6-7,15,19,22-23H2,1H3,(H,34,36). The SMILES string of the molecule is C[N+]([O-])(C=CC(F)(F)Cc1cccc2ccccc12)CCCCC(=O)NCc1ccc2ccccc2c1. The Morgan fingerprint density at radius 1 is 0.919 bits per heavy atom. The lowest BCUT2D eigenvalue weighted by atomic mass is 9.99. The molecule has 4 nitrogen and oxygen atoms in total.